The minimum absolute atomic E-state index is 0.227. The van der Waals surface area contributed by atoms with Crippen molar-refractivity contribution in [2.75, 3.05) is 13.1 Å². The van der Waals surface area contributed by atoms with Crippen LogP contribution in [0.4, 0.5) is 0 Å². The average molecular weight is 257 g/mol. The van der Waals surface area contributed by atoms with E-state index in [9.17, 15) is 4.79 Å². The van der Waals surface area contributed by atoms with E-state index >= 15 is 0 Å². The molecule has 3 heteroatoms. The fraction of sp³-hybridized carbons (Fsp3) is 0.400. The number of hydrogen-bond acceptors (Lipinski definition) is 2. The normalized spacial score (nSPS) is 29.6. The van der Waals surface area contributed by atoms with E-state index in [2.05, 4.69) is 19.1 Å². The Kier molecular flexibility index (Phi) is 1.97. The number of hydrogen-bond donors (Lipinski definition) is 0. The van der Waals surface area contributed by atoms with Crippen molar-refractivity contribution < 1.29 is 4.79 Å². The van der Waals surface area contributed by atoms with Crippen LogP contribution in [-0.2, 0) is 0 Å². The highest BCUT2D eigenvalue weighted by Gasteiger charge is 2.57. The first-order valence-corrected chi connectivity index (χ1v) is 7.25. The lowest BCUT2D eigenvalue weighted by molar-refractivity contribution is 0.0771. The van der Waals surface area contributed by atoms with Gasteiger partial charge in [0.25, 0.3) is 5.91 Å². The van der Waals surface area contributed by atoms with E-state index in [0.29, 0.717) is 5.41 Å². The van der Waals surface area contributed by atoms with Gasteiger partial charge in [-0.2, -0.15) is 0 Å². The standard InChI is InChI=1S/C15H15NOS/c1-15-7-11(15)8-16(9-15)14(17)13-6-10-4-2-3-5-12(10)18-13/h2-6,11H,7-9H2,1H3. The van der Waals surface area contributed by atoms with Crippen molar-refractivity contribution >= 4 is 27.3 Å². The number of likely N-dealkylation sites (tertiary alicyclic amines) is 1. The second-order valence-electron chi connectivity index (χ2n) is 5.89. The van der Waals surface area contributed by atoms with Gasteiger partial charge in [-0.1, -0.05) is 25.1 Å². The molecule has 92 valence electrons. The summed E-state index contributed by atoms with van der Waals surface area (Å²) >= 11 is 1.62. The molecule has 1 saturated heterocycles. The highest BCUT2D eigenvalue weighted by Crippen LogP contribution is 2.57. The lowest BCUT2D eigenvalue weighted by Crippen LogP contribution is -2.30. The number of amides is 1. The van der Waals surface area contributed by atoms with Crippen LogP contribution in [0.25, 0.3) is 10.1 Å². The summed E-state index contributed by atoms with van der Waals surface area (Å²) < 4.78 is 1.21. The largest absolute Gasteiger partial charge is 0.337 e. The molecule has 1 aliphatic heterocycles. The molecule has 2 aromatic rings. The molecular weight excluding hydrogens is 242 g/mol. The number of fused-ring (bicyclic) bond motifs is 2. The van der Waals surface area contributed by atoms with Crippen LogP contribution in [-0.4, -0.2) is 23.9 Å². The minimum atomic E-state index is 0.227. The van der Waals surface area contributed by atoms with Crippen molar-refractivity contribution in [1.29, 1.82) is 0 Å². The molecule has 2 fully saturated rings. The summed E-state index contributed by atoms with van der Waals surface area (Å²) in [5.41, 5.74) is 0.437. The van der Waals surface area contributed by atoms with Gasteiger partial charge >= 0.3 is 0 Å². The molecule has 2 aliphatic rings. The molecule has 2 nitrogen and oxygen atoms in total. The van der Waals surface area contributed by atoms with Crippen molar-refractivity contribution in [3.05, 3.63) is 35.2 Å². The smallest absolute Gasteiger partial charge is 0.263 e. The van der Waals surface area contributed by atoms with Gasteiger partial charge in [0.1, 0.15) is 0 Å². The Labute approximate surface area is 110 Å². The monoisotopic (exact) mass is 257 g/mol. The third-order valence-electron chi connectivity index (χ3n) is 4.45. The molecule has 4 rings (SSSR count). The first kappa shape index (κ1) is 10.6. The van der Waals surface area contributed by atoms with Gasteiger partial charge in [0, 0.05) is 17.8 Å². The molecule has 1 aromatic carbocycles. The van der Waals surface area contributed by atoms with E-state index in [1.165, 1.54) is 16.5 Å². The maximum absolute atomic E-state index is 12.5. The number of carbonyl (C=O) groups excluding carboxylic acids is 1. The molecular formula is C15H15NOS. The van der Waals surface area contributed by atoms with Crippen LogP contribution in [0.5, 0.6) is 0 Å². The molecule has 2 unspecified atom stereocenters. The van der Waals surface area contributed by atoms with Gasteiger partial charge in [-0.25, -0.2) is 0 Å². The van der Waals surface area contributed by atoms with Crippen LogP contribution < -0.4 is 0 Å². The average Bonchev–Trinajstić information content (AvgIpc) is 2.78. The lowest BCUT2D eigenvalue weighted by atomic mass is 10.1. The number of piperidine rings is 1. The van der Waals surface area contributed by atoms with Gasteiger partial charge in [-0.15, -0.1) is 11.3 Å². The van der Waals surface area contributed by atoms with E-state index in [-0.39, 0.29) is 5.91 Å². The second kappa shape index (κ2) is 3.35. The third-order valence-corrected chi connectivity index (χ3v) is 5.56. The Balaban J connectivity index is 1.64. The van der Waals surface area contributed by atoms with Gasteiger partial charge in [0.05, 0.1) is 4.88 Å². The molecule has 0 N–H and O–H groups in total. The molecule has 1 aliphatic carbocycles. The maximum Gasteiger partial charge on any atom is 0.263 e. The van der Waals surface area contributed by atoms with Gasteiger partial charge in [0.15, 0.2) is 0 Å². The molecule has 18 heavy (non-hydrogen) atoms. The van der Waals surface area contributed by atoms with Crippen LogP contribution >= 0.6 is 11.3 Å². The quantitative estimate of drug-likeness (QED) is 0.767. The number of nitrogens with zero attached hydrogens (tertiary/aromatic N) is 1. The molecule has 1 saturated carbocycles. The first-order valence-electron chi connectivity index (χ1n) is 6.44. The zero-order valence-corrected chi connectivity index (χ0v) is 11.2. The molecule has 0 radical (unpaired) electrons. The predicted molar refractivity (Wildman–Crippen MR) is 73.9 cm³/mol. The summed E-state index contributed by atoms with van der Waals surface area (Å²) in [5, 5.41) is 1.18. The van der Waals surface area contributed by atoms with Gasteiger partial charge < -0.3 is 4.90 Å². The molecule has 2 heterocycles. The van der Waals surface area contributed by atoms with Crippen molar-refractivity contribution in [1.82, 2.24) is 4.90 Å². The number of carbonyl (C=O) groups is 1. The van der Waals surface area contributed by atoms with Crippen LogP contribution in [0.3, 0.4) is 0 Å². The Morgan fingerprint density at radius 2 is 2.28 bits per heavy atom. The Hall–Kier alpha value is -1.35. The van der Waals surface area contributed by atoms with Crippen molar-refractivity contribution in [2.45, 2.75) is 13.3 Å². The van der Waals surface area contributed by atoms with E-state index in [1.807, 2.05) is 23.1 Å². The third kappa shape index (κ3) is 1.43. The van der Waals surface area contributed by atoms with E-state index in [4.69, 9.17) is 0 Å². The minimum Gasteiger partial charge on any atom is -0.337 e. The SMILES string of the molecule is CC12CC1CN(C(=O)c1cc3ccccc3s1)C2. The van der Waals surface area contributed by atoms with E-state index < -0.39 is 0 Å². The summed E-state index contributed by atoms with van der Waals surface area (Å²) in [5.74, 6) is 0.987. The Morgan fingerprint density at radius 3 is 3.00 bits per heavy atom. The highest BCUT2D eigenvalue weighted by atomic mass is 32.1. The molecule has 2 atom stereocenters. The first-order chi connectivity index (χ1) is 8.66. The highest BCUT2D eigenvalue weighted by molar-refractivity contribution is 7.20. The van der Waals surface area contributed by atoms with Crippen LogP contribution in [0.2, 0.25) is 0 Å². The zero-order valence-electron chi connectivity index (χ0n) is 10.3. The number of thiophene rings is 1. The summed E-state index contributed by atoms with van der Waals surface area (Å²) in [6, 6.07) is 10.2. The second-order valence-corrected chi connectivity index (χ2v) is 6.97. The maximum atomic E-state index is 12.5. The van der Waals surface area contributed by atoms with Gasteiger partial charge in [-0.05, 0) is 35.3 Å². The molecule has 0 bridgehead atoms. The van der Waals surface area contributed by atoms with Crippen LogP contribution in [0.15, 0.2) is 30.3 Å². The predicted octanol–water partition coefficient (Wildman–Crippen LogP) is 3.38. The van der Waals surface area contributed by atoms with Crippen LogP contribution in [0, 0.1) is 11.3 Å². The van der Waals surface area contributed by atoms with Crippen molar-refractivity contribution in [2.24, 2.45) is 11.3 Å². The van der Waals surface area contributed by atoms with Gasteiger partial charge in [-0.3, -0.25) is 4.79 Å². The van der Waals surface area contributed by atoms with Gasteiger partial charge in [0.2, 0.25) is 0 Å². The fourth-order valence-electron chi connectivity index (χ4n) is 3.15. The van der Waals surface area contributed by atoms with Crippen LogP contribution in [0.1, 0.15) is 23.0 Å². The number of benzene rings is 1. The Bertz CT molecular complexity index is 614. The fourth-order valence-corrected chi connectivity index (χ4v) is 4.18. The van der Waals surface area contributed by atoms with Crippen molar-refractivity contribution in [3.63, 3.8) is 0 Å². The zero-order chi connectivity index (χ0) is 12.3. The topological polar surface area (TPSA) is 20.3 Å². The summed E-state index contributed by atoms with van der Waals surface area (Å²) in [6.45, 7) is 4.21. The molecule has 0 spiro atoms. The summed E-state index contributed by atoms with van der Waals surface area (Å²) in [4.78, 5) is 15.4. The molecule has 1 amide bonds. The van der Waals surface area contributed by atoms with E-state index in [1.54, 1.807) is 11.3 Å². The van der Waals surface area contributed by atoms with E-state index in [0.717, 1.165) is 23.9 Å². The lowest BCUT2D eigenvalue weighted by Gasteiger charge is -2.18. The van der Waals surface area contributed by atoms with Crippen molar-refractivity contribution in [3.8, 4) is 0 Å². The number of rotatable bonds is 1. The molecule has 1 aromatic heterocycles. The summed E-state index contributed by atoms with van der Waals surface area (Å²) in [7, 11) is 0. The Morgan fingerprint density at radius 1 is 1.44 bits per heavy atom. The summed E-state index contributed by atoms with van der Waals surface area (Å²) in [6.07, 6.45) is 1.31.